The zero-order chi connectivity index (χ0) is 22.1. The lowest BCUT2D eigenvalue weighted by atomic mass is 10.1. The number of nitrogens with one attached hydrogen (secondary N) is 2. The van der Waals surface area contributed by atoms with Crippen LogP contribution in [0.4, 0.5) is 0 Å². The maximum Gasteiger partial charge on any atom is 0.191 e. The fraction of sp³-hybridized carbons (Fsp3) is 0.571. The third-order valence-corrected chi connectivity index (χ3v) is 4.86. The van der Waals surface area contributed by atoms with Crippen LogP contribution in [-0.2, 0) is 30.9 Å². The minimum absolute atomic E-state index is 0. The number of fused-ring (bicyclic) bond motifs is 1. The molecule has 0 radical (unpaired) electrons. The van der Waals surface area contributed by atoms with Gasteiger partial charge in [-0.1, -0.05) is 6.07 Å². The smallest absolute Gasteiger partial charge is 0.191 e. The van der Waals surface area contributed by atoms with Crippen molar-refractivity contribution < 1.29 is 19.3 Å². The van der Waals surface area contributed by atoms with Gasteiger partial charge in [-0.25, -0.2) is 14.7 Å². The third kappa shape index (κ3) is 7.20. The first kappa shape index (κ1) is 26.1. The number of hydrogen-bond donors (Lipinski definition) is 3. The molecular formula is C21H33IN6O4. The zero-order valence-corrected chi connectivity index (χ0v) is 21.2. The Morgan fingerprint density at radius 3 is 2.88 bits per heavy atom. The van der Waals surface area contributed by atoms with Crippen LogP contribution in [0.2, 0.25) is 0 Å². The van der Waals surface area contributed by atoms with Crippen LogP contribution in [0, 0.1) is 0 Å². The number of rotatable bonds is 10. The van der Waals surface area contributed by atoms with Crippen molar-refractivity contribution >= 4 is 29.9 Å². The molecule has 1 aromatic heterocycles. The molecule has 10 nitrogen and oxygen atoms in total. The van der Waals surface area contributed by atoms with Gasteiger partial charge in [-0.2, -0.15) is 5.10 Å². The normalized spacial score (nSPS) is 15.5. The van der Waals surface area contributed by atoms with Crippen molar-refractivity contribution in [1.29, 1.82) is 0 Å². The van der Waals surface area contributed by atoms with Crippen LogP contribution in [-0.4, -0.2) is 65.9 Å². The molecule has 11 heteroatoms. The number of aliphatic hydroxyl groups is 1. The lowest BCUT2D eigenvalue weighted by Gasteiger charge is -2.25. The number of aromatic nitrogens is 3. The molecule has 0 bridgehead atoms. The van der Waals surface area contributed by atoms with E-state index in [0.717, 1.165) is 49.1 Å². The molecule has 1 aliphatic rings. The van der Waals surface area contributed by atoms with Crippen molar-refractivity contribution in [1.82, 2.24) is 25.4 Å². The fourth-order valence-corrected chi connectivity index (χ4v) is 3.44. The summed E-state index contributed by atoms with van der Waals surface area (Å²) in [5.74, 6) is 3.71. The topological polar surface area (TPSA) is 115 Å². The highest BCUT2D eigenvalue weighted by Crippen LogP contribution is 2.28. The predicted octanol–water partition coefficient (Wildman–Crippen LogP) is 1.49. The second-order valence-corrected chi connectivity index (χ2v) is 7.19. The van der Waals surface area contributed by atoms with Gasteiger partial charge in [-0.3, -0.25) is 0 Å². The van der Waals surface area contributed by atoms with Gasteiger partial charge in [0.1, 0.15) is 19.0 Å². The number of ether oxygens (including phenoxy) is 3. The Kier molecular flexibility index (Phi) is 11.0. The number of aliphatic hydroxyl groups excluding tert-OH is 1. The van der Waals surface area contributed by atoms with E-state index >= 15 is 0 Å². The molecule has 3 rings (SSSR count). The van der Waals surface area contributed by atoms with E-state index in [1.54, 1.807) is 14.2 Å². The van der Waals surface area contributed by atoms with Crippen molar-refractivity contribution in [2.45, 2.75) is 45.5 Å². The number of aliphatic imine (C=N–C) groups is 1. The first-order valence-corrected chi connectivity index (χ1v) is 10.5. The van der Waals surface area contributed by atoms with Gasteiger partial charge in [0.2, 0.25) is 0 Å². The van der Waals surface area contributed by atoms with Crippen molar-refractivity contribution in [3.63, 3.8) is 0 Å². The summed E-state index contributed by atoms with van der Waals surface area (Å²) in [6.45, 7) is 4.65. The number of aryl methyl sites for hydroxylation is 1. The Hall–Kier alpha value is -2.12. The van der Waals surface area contributed by atoms with E-state index in [1.165, 1.54) is 0 Å². The minimum Gasteiger partial charge on any atom is -0.493 e. The van der Waals surface area contributed by atoms with Crippen molar-refractivity contribution in [2.24, 2.45) is 4.99 Å². The number of benzene rings is 1. The fourth-order valence-electron chi connectivity index (χ4n) is 3.44. The molecule has 0 saturated carbocycles. The SMILES string of the molecule is CCNC(=NCc1ccc(OCCO)c(OC)c1)NC1CCc2nc(COC)nn2C1.I. The lowest BCUT2D eigenvalue weighted by molar-refractivity contribution is 0.177. The largest absolute Gasteiger partial charge is 0.493 e. The Bertz CT molecular complexity index is 876. The van der Waals surface area contributed by atoms with Crippen LogP contribution in [0.15, 0.2) is 23.2 Å². The van der Waals surface area contributed by atoms with Crippen LogP contribution in [0.1, 0.15) is 30.6 Å². The van der Waals surface area contributed by atoms with Gasteiger partial charge < -0.3 is 30.0 Å². The molecule has 2 heterocycles. The van der Waals surface area contributed by atoms with Crippen molar-refractivity contribution in [3.05, 3.63) is 35.4 Å². The summed E-state index contributed by atoms with van der Waals surface area (Å²) in [7, 11) is 3.24. The number of methoxy groups -OCH3 is 2. The first-order chi connectivity index (χ1) is 15.2. The number of hydrogen-bond acceptors (Lipinski definition) is 7. The van der Waals surface area contributed by atoms with Gasteiger partial charge >= 0.3 is 0 Å². The molecule has 0 aliphatic carbocycles. The van der Waals surface area contributed by atoms with E-state index in [-0.39, 0.29) is 43.2 Å². The van der Waals surface area contributed by atoms with Gasteiger partial charge in [-0.15, -0.1) is 24.0 Å². The average molecular weight is 560 g/mol. The highest BCUT2D eigenvalue weighted by molar-refractivity contribution is 14.0. The van der Waals surface area contributed by atoms with Gasteiger partial charge in [0.25, 0.3) is 0 Å². The van der Waals surface area contributed by atoms with Crippen LogP contribution in [0.25, 0.3) is 0 Å². The second-order valence-electron chi connectivity index (χ2n) is 7.19. The summed E-state index contributed by atoms with van der Waals surface area (Å²) in [5, 5.41) is 20.3. The zero-order valence-electron chi connectivity index (χ0n) is 18.8. The van der Waals surface area contributed by atoms with Crippen LogP contribution < -0.4 is 20.1 Å². The molecule has 0 saturated heterocycles. The summed E-state index contributed by atoms with van der Waals surface area (Å²) in [6.07, 6.45) is 1.82. The van der Waals surface area contributed by atoms with E-state index in [1.807, 2.05) is 29.8 Å². The van der Waals surface area contributed by atoms with E-state index in [0.29, 0.717) is 24.7 Å². The standard InChI is InChI=1S/C21H32N6O4.HI/c1-4-22-21(23-12-15-5-7-17(31-10-9-28)18(11-15)30-3)24-16-6-8-20-25-19(14-29-2)26-27(20)13-16;/h5,7,11,16,28H,4,6,8-10,12-14H2,1-3H3,(H2,22,23,24);1H. The maximum absolute atomic E-state index is 8.94. The molecule has 1 aromatic carbocycles. The highest BCUT2D eigenvalue weighted by atomic mass is 127. The number of guanidine groups is 1. The van der Waals surface area contributed by atoms with Crippen molar-refractivity contribution in [3.8, 4) is 11.5 Å². The Morgan fingerprint density at radius 2 is 2.16 bits per heavy atom. The summed E-state index contributed by atoms with van der Waals surface area (Å²) >= 11 is 0. The Labute approximate surface area is 205 Å². The molecule has 0 amide bonds. The Morgan fingerprint density at radius 1 is 1.31 bits per heavy atom. The monoisotopic (exact) mass is 560 g/mol. The summed E-state index contributed by atoms with van der Waals surface area (Å²) in [6, 6.07) is 5.90. The lowest BCUT2D eigenvalue weighted by Crippen LogP contribution is -2.47. The number of nitrogens with zero attached hydrogens (tertiary/aromatic N) is 4. The summed E-state index contributed by atoms with van der Waals surface area (Å²) in [4.78, 5) is 9.25. The van der Waals surface area contributed by atoms with Gasteiger partial charge in [0, 0.05) is 26.1 Å². The highest BCUT2D eigenvalue weighted by Gasteiger charge is 2.22. The predicted molar refractivity (Wildman–Crippen MR) is 132 cm³/mol. The molecule has 1 aliphatic heterocycles. The first-order valence-electron chi connectivity index (χ1n) is 10.5. The number of halogens is 1. The molecule has 1 atom stereocenters. The molecule has 0 fully saturated rings. The van der Waals surface area contributed by atoms with Gasteiger partial charge in [0.15, 0.2) is 23.3 Å². The molecule has 178 valence electrons. The second kappa shape index (κ2) is 13.4. The summed E-state index contributed by atoms with van der Waals surface area (Å²) in [5.41, 5.74) is 0.997. The van der Waals surface area contributed by atoms with Gasteiger partial charge in [0.05, 0.1) is 26.8 Å². The maximum atomic E-state index is 8.94. The molecule has 32 heavy (non-hydrogen) atoms. The van der Waals surface area contributed by atoms with E-state index in [4.69, 9.17) is 24.3 Å². The van der Waals surface area contributed by atoms with E-state index < -0.39 is 0 Å². The van der Waals surface area contributed by atoms with Crippen LogP contribution in [0.5, 0.6) is 11.5 Å². The quantitative estimate of drug-likeness (QED) is 0.228. The molecule has 0 spiro atoms. The third-order valence-electron chi connectivity index (χ3n) is 4.86. The van der Waals surface area contributed by atoms with Crippen LogP contribution in [0.3, 0.4) is 0 Å². The Balaban J connectivity index is 0.00000363. The minimum atomic E-state index is -0.0438. The van der Waals surface area contributed by atoms with E-state index in [2.05, 4.69) is 20.7 Å². The van der Waals surface area contributed by atoms with E-state index in [9.17, 15) is 0 Å². The molecule has 1 unspecified atom stereocenters. The summed E-state index contributed by atoms with van der Waals surface area (Å²) < 4.78 is 18.0. The van der Waals surface area contributed by atoms with Crippen LogP contribution >= 0.6 is 24.0 Å². The molecular weight excluding hydrogens is 527 g/mol. The molecule has 2 aromatic rings. The van der Waals surface area contributed by atoms with Crippen molar-refractivity contribution in [2.75, 3.05) is 34.0 Å². The van der Waals surface area contributed by atoms with Gasteiger partial charge in [-0.05, 0) is 31.0 Å². The average Bonchev–Trinajstić information content (AvgIpc) is 3.18. The molecule has 3 N–H and O–H groups in total.